The first-order valence-corrected chi connectivity index (χ1v) is 10.6. The molecule has 30 heavy (non-hydrogen) atoms. The van der Waals surface area contributed by atoms with E-state index in [1.54, 1.807) is 0 Å². The Kier molecular flexibility index (Phi) is 5.14. The highest BCUT2D eigenvalue weighted by molar-refractivity contribution is 5.86. The number of piperazine rings is 1. The SMILES string of the molecule is Cc1c(C)c2c(c(C)c1O)CCC(C)(C(=O)N1CCNCC1c1ccc(N)cc1)O2. The Bertz CT molecular complexity index is 986. The van der Waals surface area contributed by atoms with Crippen molar-refractivity contribution in [2.75, 3.05) is 25.4 Å². The standard InChI is InChI=1S/C24H31N3O3/c1-14-15(2)22-19(16(3)21(14)28)9-10-24(4,30-22)23(29)27-12-11-26-13-20(27)17-5-7-18(25)8-6-17/h5-8,20,26,28H,9-13,25H2,1-4H3. The number of nitrogens with zero attached hydrogens (tertiary/aromatic N) is 1. The molecule has 1 saturated heterocycles. The summed E-state index contributed by atoms with van der Waals surface area (Å²) < 4.78 is 6.44. The summed E-state index contributed by atoms with van der Waals surface area (Å²) >= 11 is 0. The number of hydrogen-bond donors (Lipinski definition) is 3. The topological polar surface area (TPSA) is 87.8 Å². The smallest absolute Gasteiger partial charge is 0.267 e. The molecule has 1 amide bonds. The van der Waals surface area contributed by atoms with Crippen LogP contribution < -0.4 is 15.8 Å². The van der Waals surface area contributed by atoms with Crippen molar-refractivity contribution in [2.24, 2.45) is 0 Å². The van der Waals surface area contributed by atoms with Crippen LogP contribution in [-0.2, 0) is 11.2 Å². The van der Waals surface area contributed by atoms with Gasteiger partial charge in [0.25, 0.3) is 5.91 Å². The van der Waals surface area contributed by atoms with Gasteiger partial charge in [0.1, 0.15) is 11.5 Å². The minimum Gasteiger partial charge on any atom is -0.507 e. The summed E-state index contributed by atoms with van der Waals surface area (Å²) in [6.45, 7) is 9.75. The van der Waals surface area contributed by atoms with E-state index in [-0.39, 0.29) is 11.9 Å². The quantitative estimate of drug-likeness (QED) is 0.663. The second-order valence-corrected chi connectivity index (χ2v) is 8.75. The summed E-state index contributed by atoms with van der Waals surface area (Å²) in [4.78, 5) is 15.7. The molecule has 2 unspecified atom stereocenters. The van der Waals surface area contributed by atoms with Crippen LogP contribution in [0.4, 0.5) is 5.69 Å². The number of carbonyl (C=O) groups excluding carboxylic acids is 1. The first-order valence-electron chi connectivity index (χ1n) is 10.6. The molecule has 0 bridgehead atoms. The van der Waals surface area contributed by atoms with Crippen molar-refractivity contribution in [3.8, 4) is 11.5 Å². The zero-order valence-corrected chi connectivity index (χ0v) is 18.2. The third-order valence-electron chi connectivity index (χ3n) is 6.80. The maximum Gasteiger partial charge on any atom is 0.267 e. The number of benzene rings is 2. The highest BCUT2D eigenvalue weighted by Crippen LogP contribution is 2.44. The van der Waals surface area contributed by atoms with Crippen LogP contribution in [0.1, 0.15) is 47.2 Å². The van der Waals surface area contributed by atoms with Crippen LogP contribution in [-0.4, -0.2) is 41.1 Å². The summed E-state index contributed by atoms with van der Waals surface area (Å²) in [5.74, 6) is 1.10. The maximum atomic E-state index is 13.8. The van der Waals surface area contributed by atoms with E-state index in [4.69, 9.17) is 10.5 Å². The van der Waals surface area contributed by atoms with E-state index in [9.17, 15) is 9.90 Å². The van der Waals surface area contributed by atoms with Gasteiger partial charge in [0.15, 0.2) is 5.60 Å². The molecule has 6 heteroatoms. The Balaban J connectivity index is 1.66. The van der Waals surface area contributed by atoms with Gasteiger partial charge in [-0.05, 0) is 68.5 Å². The van der Waals surface area contributed by atoms with Gasteiger partial charge in [-0.2, -0.15) is 0 Å². The largest absolute Gasteiger partial charge is 0.507 e. The van der Waals surface area contributed by atoms with Crippen molar-refractivity contribution in [3.63, 3.8) is 0 Å². The highest BCUT2D eigenvalue weighted by Gasteiger charge is 2.45. The fourth-order valence-corrected chi connectivity index (χ4v) is 4.67. The van der Waals surface area contributed by atoms with Gasteiger partial charge in [0.05, 0.1) is 6.04 Å². The molecule has 2 aromatic carbocycles. The number of nitrogens with two attached hydrogens (primary N) is 1. The summed E-state index contributed by atoms with van der Waals surface area (Å²) in [7, 11) is 0. The number of nitrogen functional groups attached to an aromatic ring is 1. The number of fused-ring (bicyclic) bond motifs is 1. The number of aromatic hydroxyl groups is 1. The monoisotopic (exact) mass is 409 g/mol. The van der Waals surface area contributed by atoms with Gasteiger partial charge in [-0.15, -0.1) is 0 Å². The molecule has 0 saturated carbocycles. The van der Waals surface area contributed by atoms with Gasteiger partial charge in [0.2, 0.25) is 0 Å². The fraction of sp³-hybridized carbons (Fsp3) is 0.458. The third-order valence-corrected chi connectivity index (χ3v) is 6.80. The number of rotatable bonds is 2. The first kappa shape index (κ1) is 20.5. The maximum absolute atomic E-state index is 13.8. The molecule has 0 radical (unpaired) electrons. The van der Waals surface area contributed by atoms with E-state index in [0.29, 0.717) is 37.4 Å². The number of anilines is 1. The van der Waals surface area contributed by atoms with E-state index >= 15 is 0 Å². The number of phenols is 1. The summed E-state index contributed by atoms with van der Waals surface area (Å²) in [6.07, 6.45) is 1.29. The zero-order chi connectivity index (χ0) is 21.6. The van der Waals surface area contributed by atoms with Crippen molar-refractivity contribution in [3.05, 3.63) is 52.1 Å². The first-order chi connectivity index (χ1) is 14.2. The number of phenolic OH excluding ortho intramolecular Hbond substituents is 1. The molecular weight excluding hydrogens is 378 g/mol. The van der Waals surface area contributed by atoms with Gasteiger partial charge in [-0.3, -0.25) is 4.79 Å². The molecule has 2 aromatic rings. The van der Waals surface area contributed by atoms with Gasteiger partial charge >= 0.3 is 0 Å². The average Bonchev–Trinajstić information content (AvgIpc) is 2.76. The second kappa shape index (κ2) is 7.51. The van der Waals surface area contributed by atoms with Crippen LogP contribution in [0.15, 0.2) is 24.3 Å². The molecule has 2 aliphatic rings. The van der Waals surface area contributed by atoms with Crippen molar-refractivity contribution < 1.29 is 14.6 Å². The normalized spacial score (nSPS) is 23.6. The van der Waals surface area contributed by atoms with Gasteiger partial charge in [-0.25, -0.2) is 0 Å². The Hall–Kier alpha value is -2.73. The van der Waals surface area contributed by atoms with Crippen LogP contribution in [0, 0.1) is 20.8 Å². The van der Waals surface area contributed by atoms with E-state index in [0.717, 1.165) is 40.1 Å². The second-order valence-electron chi connectivity index (χ2n) is 8.75. The lowest BCUT2D eigenvalue weighted by molar-refractivity contribution is -0.152. The summed E-state index contributed by atoms with van der Waals surface area (Å²) in [6, 6.07) is 7.68. The van der Waals surface area contributed by atoms with Crippen molar-refractivity contribution in [1.82, 2.24) is 10.2 Å². The van der Waals surface area contributed by atoms with E-state index < -0.39 is 5.60 Å². The lowest BCUT2D eigenvalue weighted by Gasteiger charge is -2.44. The molecule has 6 nitrogen and oxygen atoms in total. The minimum absolute atomic E-state index is 0.0132. The van der Waals surface area contributed by atoms with Crippen molar-refractivity contribution in [2.45, 2.75) is 52.2 Å². The van der Waals surface area contributed by atoms with Crippen LogP contribution in [0.2, 0.25) is 0 Å². The van der Waals surface area contributed by atoms with Crippen LogP contribution in [0.5, 0.6) is 11.5 Å². The lowest BCUT2D eigenvalue weighted by Crippen LogP contribution is -2.58. The zero-order valence-electron chi connectivity index (χ0n) is 18.2. The number of nitrogens with one attached hydrogen (secondary N) is 1. The molecule has 2 heterocycles. The van der Waals surface area contributed by atoms with Crippen LogP contribution in [0.25, 0.3) is 0 Å². The Morgan fingerprint density at radius 2 is 1.90 bits per heavy atom. The molecular formula is C24H31N3O3. The van der Waals surface area contributed by atoms with Crippen molar-refractivity contribution in [1.29, 1.82) is 0 Å². The average molecular weight is 410 g/mol. The van der Waals surface area contributed by atoms with E-state index in [2.05, 4.69) is 5.32 Å². The predicted octanol–water partition coefficient (Wildman–Crippen LogP) is 3.16. The van der Waals surface area contributed by atoms with Gasteiger partial charge in [0, 0.05) is 37.3 Å². The van der Waals surface area contributed by atoms with E-state index in [1.807, 2.05) is 56.9 Å². The van der Waals surface area contributed by atoms with Gasteiger partial charge in [-0.1, -0.05) is 12.1 Å². The Morgan fingerprint density at radius 1 is 1.20 bits per heavy atom. The lowest BCUT2D eigenvalue weighted by atomic mass is 9.86. The summed E-state index contributed by atoms with van der Waals surface area (Å²) in [5, 5.41) is 13.8. The molecule has 0 aliphatic carbocycles. The molecule has 1 fully saturated rings. The number of carbonyl (C=O) groups is 1. The fourth-order valence-electron chi connectivity index (χ4n) is 4.67. The molecule has 0 aromatic heterocycles. The molecule has 4 rings (SSSR count). The summed E-state index contributed by atoms with van der Waals surface area (Å²) in [5.41, 5.74) is 10.3. The minimum atomic E-state index is -0.934. The van der Waals surface area contributed by atoms with Gasteiger partial charge < -0.3 is 25.8 Å². The Labute approximate surface area is 178 Å². The molecule has 160 valence electrons. The van der Waals surface area contributed by atoms with Crippen LogP contribution in [0.3, 0.4) is 0 Å². The third kappa shape index (κ3) is 3.29. The molecule has 4 N–H and O–H groups in total. The number of ether oxygens (including phenoxy) is 1. The molecule has 0 spiro atoms. The van der Waals surface area contributed by atoms with Crippen molar-refractivity contribution >= 4 is 11.6 Å². The molecule has 2 atom stereocenters. The highest BCUT2D eigenvalue weighted by atomic mass is 16.5. The molecule has 2 aliphatic heterocycles. The number of hydrogen-bond acceptors (Lipinski definition) is 5. The van der Waals surface area contributed by atoms with E-state index in [1.165, 1.54) is 0 Å². The predicted molar refractivity (Wildman–Crippen MR) is 118 cm³/mol. The number of amides is 1. The van der Waals surface area contributed by atoms with Crippen LogP contribution >= 0.6 is 0 Å². The Morgan fingerprint density at radius 3 is 2.60 bits per heavy atom.